The van der Waals surface area contributed by atoms with Gasteiger partial charge in [0.1, 0.15) is 24.2 Å². The fraction of sp³-hybridized carbons (Fsp3) is 0.214. The van der Waals surface area contributed by atoms with Gasteiger partial charge < -0.3 is 10.2 Å². The number of amides is 2. The van der Waals surface area contributed by atoms with Crippen molar-refractivity contribution in [3.63, 3.8) is 0 Å². The topological polar surface area (TPSA) is 111 Å². The van der Waals surface area contributed by atoms with Crippen molar-refractivity contribution in [3.05, 3.63) is 96.3 Å². The number of rotatable bonds is 6. The fourth-order valence-corrected chi connectivity index (χ4v) is 4.86. The Balaban J connectivity index is 1.02. The van der Waals surface area contributed by atoms with Crippen molar-refractivity contribution in [1.82, 2.24) is 34.7 Å². The quantitative estimate of drug-likeness (QED) is 0.362. The molecule has 6 rings (SSSR count). The summed E-state index contributed by atoms with van der Waals surface area (Å²) in [6.45, 7) is 1.53. The molecule has 0 unspecified atom stereocenters. The number of piperidine rings is 1. The van der Waals surface area contributed by atoms with Gasteiger partial charge in [-0.15, -0.1) is 10.2 Å². The van der Waals surface area contributed by atoms with Crippen LogP contribution in [0.3, 0.4) is 0 Å². The third kappa shape index (κ3) is 5.24. The van der Waals surface area contributed by atoms with Crippen LogP contribution in [0.5, 0.6) is 0 Å². The van der Waals surface area contributed by atoms with Gasteiger partial charge in [0.25, 0.3) is 5.91 Å². The molecule has 2 amide bonds. The van der Waals surface area contributed by atoms with Crippen LogP contribution in [0.2, 0.25) is 0 Å². The lowest BCUT2D eigenvalue weighted by atomic mass is 9.89. The molecule has 2 aromatic heterocycles. The van der Waals surface area contributed by atoms with Crippen LogP contribution >= 0.6 is 0 Å². The largest absolute Gasteiger partial charge is 0.341 e. The Labute approximate surface area is 223 Å². The molecule has 1 saturated heterocycles. The molecule has 39 heavy (non-hydrogen) atoms. The highest BCUT2D eigenvalue weighted by atomic mass is 19.1. The molecule has 0 radical (unpaired) electrons. The minimum absolute atomic E-state index is 0.0146. The second-order valence-corrected chi connectivity index (χ2v) is 9.46. The first-order valence-electron chi connectivity index (χ1n) is 12.7. The number of hydrogen-bond acceptors (Lipinski definition) is 6. The van der Waals surface area contributed by atoms with E-state index in [1.165, 1.54) is 23.1 Å². The molecule has 0 saturated carbocycles. The number of hydrogen-bond donors (Lipinski definition) is 1. The highest BCUT2D eigenvalue weighted by molar-refractivity contribution is 6.01. The van der Waals surface area contributed by atoms with E-state index in [1.807, 2.05) is 53.4 Å². The Kier molecular flexibility index (Phi) is 6.54. The summed E-state index contributed by atoms with van der Waals surface area (Å²) in [4.78, 5) is 31.4. The van der Waals surface area contributed by atoms with Crippen LogP contribution in [0.15, 0.2) is 79.1 Å². The number of halogens is 1. The second kappa shape index (κ2) is 10.4. The summed E-state index contributed by atoms with van der Waals surface area (Å²) in [7, 11) is 0. The van der Waals surface area contributed by atoms with Crippen molar-refractivity contribution < 1.29 is 14.0 Å². The standard InChI is InChI=1S/C28H25FN8O2/c29-21-4-3-5-23(16-21)37-18-30-27(33-37)28(39)31-22-10-8-19(9-11-22)20-12-14-35(15-13-20)26(38)17-36-25-7-2-1-6-24(25)32-34-36/h1-11,16,18,20H,12-15,17H2,(H,31,39). The lowest BCUT2D eigenvalue weighted by molar-refractivity contribution is -0.133. The predicted octanol–water partition coefficient (Wildman–Crippen LogP) is 3.81. The van der Waals surface area contributed by atoms with Crippen molar-refractivity contribution in [2.75, 3.05) is 18.4 Å². The number of nitrogens with one attached hydrogen (secondary N) is 1. The molecule has 10 nitrogen and oxygen atoms in total. The summed E-state index contributed by atoms with van der Waals surface area (Å²) in [5.41, 5.74) is 3.89. The zero-order chi connectivity index (χ0) is 26.8. The number of para-hydroxylation sites is 1. The van der Waals surface area contributed by atoms with E-state index in [2.05, 4.69) is 25.7 Å². The first-order chi connectivity index (χ1) is 19.0. The molecule has 3 aromatic carbocycles. The first kappa shape index (κ1) is 24.4. The van der Waals surface area contributed by atoms with Gasteiger partial charge in [0.05, 0.1) is 11.2 Å². The average molecular weight is 525 g/mol. The van der Waals surface area contributed by atoms with Gasteiger partial charge in [0, 0.05) is 18.8 Å². The normalized spacial score (nSPS) is 14.0. The molecule has 1 aliphatic rings. The van der Waals surface area contributed by atoms with Crippen LogP contribution in [0.1, 0.15) is 34.9 Å². The van der Waals surface area contributed by atoms with Crippen LogP contribution in [-0.2, 0) is 11.3 Å². The number of nitrogens with zero attached hydrogens (tertiary/aromatic N) is 7. The molecule has 3 heterocycles. The van der Waals surface area contributed by atoms with Gasteiger partial charge in [-0.1, -0.05) is 35.5 Å². The van der Waals surface area contributed by atoms with Gasteiger partial charge in [-0.2, -0.15) is 0 Å². The van der Waals surface area contributed by atoms with E-state index in [1.54, 1.807) is 16.8 Å². The van der Waals surface area contributed by atoms with E-state index < -0.39 is 11.7 Å². The first-order valence-corrected chi connectivity index (χ1v) is 12.7. The summed E-state index contributed by atoms with van der Waals surface area (Å²) in [6, 6.07) is 21.2. The summed E-state index contributed by atoms with van der Waals surface area (Å²) >= 11 is 0. The number of fused-ring (bicyclic) bond motifs is 1. The summed E-state index contributed by atoms with van der Waals surface area (Å²) in [6.07, 6.45) is 3.09. The van der Waals surface area contributed by atoms with Crippen LogP contribution in [0.25, 0.3) is 16.7 Å². The van der Waals surface area contributed by atoms with E-state index in [-0.39, 0.29) is 18.3 Å². The van der Waals surface area contributed by atoms with E-state index >= 15 is 0 Å². The molecule has 11 heteroatoms. The zero-order valence-corrected chi connectivity index (χ0v) is 20.9. The smallest absolute Gasteiger partial charge is 0.295 e. The Morgan fingerprint density at radius 1 is 0.974 bits per heavy atom. The van der Waals surface area contributed by atoms with Crippen molar-refractivity contribution in [2.45, 2.75) is 25.3 Å². The number of carbonyl (C=O) groups excluding carboxylic acids is 2. The van der Waals surface area contributed by atoms with E-state index in [9.17, 15) is 14.0 Å². The van der Waals surface area contributed by atoms with E-state index in [0.29, 0.717) is 30.4 Å². The maximum Gasteiger partial charge on any atom is 0.295 e. The molecule has 1 N–H and O–H groups in total. The maximum atomic E-state index is 13.5. The van der Waals surface area contributed by atoms with Crippen molar-refractivity contribution in [2.24, 2.45) is 0 Å². The summed E-state index contributed by atoms with van der Waals surface area (Å²) in [5, 5.41) is 15.2. The fourth-order valence-electron chi connectivity index (χ4n) is 4.86. The Morgan fingerprint density at radius 3 is 2.56 bits per heavy atom. The molecule has 0 atom stereocenters. The Hall–Kier alpha value is -4.93. The SMILES string of the molecule is O=C(Nc1ccc(C2CCN(C(=O)Cn3nnc4ccccc43)CC2)cc1)c1ncn(-c2cccc(F)c2)n1. The minimum atomic E-state index is -0.454. The molecule has 1 aliphatic heterocycles. The van der Waals surface area contributed by atoms with Crippen molar-refractivity contribution in [1.29, 1.82) is 0 Å². The molecule has 0 spiro atoms. The third-order valence-electron chi connectivity index (χ3n) is 6.96. The molecule has 0 aliphatic carbocycles. The van der Waals surface area contributed by atoms with Crippen LogP contribution in [0.4, 0.5) is 10.1 Å². The minimum Gasteiger partial charge on any atom is -0.341 e. The molecular formula is C28H25FN8O2. The molecular weight excluding hydrogens is 499 g/mol. The number of aromatic nitrogens is 6. The second-order valence-electron chi connectivity index (χ2n) is 9.46. The van der Waals surface area contributed by atoms with Crippen molar-refractivity contribution in [3.8, 4) is 5.69 Å². The van der Waals surface area contributed by atoms with Crippen LogP contribution in [0, 0.1) is 5.82 Å². The number of anilines is 1. The number of likely N-dealkylation sites (tertiary alicyclic amines) is 1. The molecule has 1 fully saturated rings. The lowest BCUT2D eigenvalue weighted by Crippen LogP contribution is -2.39. The zero-order valence-electron chi connectivity index (χ0n) is 20.9. The third-order valence-corrected chi connectivity index (χ3v) is 6.96. The van der Waals surface area contributed by atoms with Gasteiger partial charge >= 0.3 is 0 Å². The van der Waals surface area contributed by atoms with Gasteiger partial charge in [0.2, 0.25) is 11.7 Å². The molecule has 196 valence electrons. The van der Waals surface area contributed by atoms with E-state index in [4.69, 9.17) is 0 Å². The van der Waals surface area contributed by atoms with Gasteiger partial charge in [-0.3, -0.25) is 9.59 Å². The Bertz CT molecular complexity index is 1640. The van der Waals surface area contributed by atoms with Crippen molar-refractivity contribution >= 4 is 28.5 Å². The maximum absolute atomic E-state index is 13.5. The number of carbonyl (C=O) groups is 2. The number of benzene rings is 3. The van der Waals surface area contributed by atoms with Crippen LogP contribution in [-0.4, -0.2) is 59.6 Å². The monoisotopic (exact) mass is 524 g/mol. The summed E-state index contributed by atoms with van der Waals surface area (Å²) < 4.78 is 16.5. The molecule has 5 aromatic rings. The van der Waals surface area contributed by atoms with Gasteiger partial charge in [-0.25, -0.2) is 18.7 Å². The van der Waals surface area contributed by atoms with Gasteiger partial charge in [-0.05, 0) is 66.8 Å². The van der Waals surface area contributed by atoms with Crippen LogP contribution < -0.4 is 5.32 Å². The summed E-state index contributed by atoms with van der Waals surface area (Å²) in [5.74, 6) is -0.499. The lowest BCUT2D eigenvalue weighted by Gasteiger charge is -2.32. The Morgan fingerprint density at radius 2 is 1.77 bits per heavy atom. The predicted molar refractivity (Wildman–Crippen MR) is 142 cm³/mol. The van der Waals surface area contributed by atoms with E-state index in [0.717, 1.165) is 29.4 Å². The average Bonchev–Trinajstić information content (AvgIpc) is 3.62. The van der Waals surface area contributed by atoms with Gasteiger partial charge in [0.15, 0.2) is 0 Å². The molecule has 0 bridgehead atoms. The highest BCUT2D eigenvalue weighted by Crippen LogP contribution is 2.29. The highest BCUT2D eigenvalue weighted by Gasteiger charge is 2.24.